The molecule has 2 unspecified atom stereocenters. The Labute approximate surface area is 115 Å². The third-order valence-electron chi connectivity index (χ3n) is 4.07. The Kier molecular flexibility index (Phi) is 2.73. The molecule has 100 valence electrons. The van der Waals surface area contributed by atoms with Crippen molar-refractivity contribution >= 4 is 17.3 Å². The van der Waals surface area contributed by atoms with Crippen molar-refractivity contribution in [3.8, 4) is 10.7 Å². The Bertz CT molecular complexity index is 550. The molecule has 0 bridgehead atoms. The number of anilines is 1. The zero-order valence-electron chi connectivity index (χ0n) is 10.5. The van der Waals surface area contributed by atoms with Gasteiger partial charge < -0.3 is 10.2 Å². The van der Waals surface area contributed by atoms with E-state index in [1.165, 1.54) is 12.8 Å². The van der Waals surface area contributed by atoms with Crippen molar-refractivity contribution in [3.63, 3.8) is 0 Å². The third-order valence-corrected chi connectivity index (χ3v) is 4.85. The largest absolute Gasteiger partial charge is 0.335 e. The Balaban J connectivity index is 1.62. The van der Waals surface area contributed by atoms with Gasteiger partial charge in [0.2, 0.25) is 5.95 Å². The Morgan fingerprint density at radius 1 is 1.37 bits per heavy atom. The van der Waals surface area contributed by atoms with Gasteiger partial charge >= 0.3 is 0 Å². The molecule has 2 N–H and O–H groups in total. The first-order valence-electron chi connectivity index (χ1n) is 6.70. The van der Waals surface area contributed by atoms with Crippen LogP contribution in [0.3, 0.4) is 0 Å². The molecule has 2 fully saturated rings. The predicted molar refractivity (Wildman–Crippen MR) is 74.2 cm³/mol. The maximum atomic E-state index is 4.64. The summed E-state index contributed by atoms with van der Waals surface area (Å²) >= 11 is 1.58. The number of H-pyrrole nitrogens is 1. The molecule has 2 saturated heterocycles. The summed E-state index contributed by atoms with van der Waals surface area (Å²) in [6, 6.07) is 0.555. The van der Waals surface area contributed by atoms with Crippen LogP contribution in [-0.2, 0) is 0 Å². The van der Waals surface area contributed by atoms with Crippen molar-refractivity contribution < 1.29 is 0 Å². The molecular formula is C12H16N6S. The SMILES string of the molecule is c1ncc(-c2nc(N3CCCC4CNCC43)n[nH]2)s1. The third kappa shape index (κ3) is 1.93. The zero-order chi connectivity index (χ0) is 12.7. The molecule has 0 aromatic carbocycles. The van der Waals surface area contributed by atoms with E-state index in [1.54, 1.807) is 11.3 Å². The highest BCUT2D eigenvalue weighted by atomic mass is 32.1. The standard InChI is InChI=1S/C12H16N6S/c1-2-8-4-13-5-9(8)18(3-1)12-15-11(16-17-12)10-6-14-7-19-10/h6-9,13H,1-5H2,(H,15,16,17). The van der Waals surface area contributed by atoms with Gasteiger partial charge in [-0.05, 0) is 18.8 Å². The number of fused-ring (bicyclic) bond motifs is 1. The number of nitrogens with zero attached hydrogens (tertiary/aromatic N) is 4. The topological polar surface area (TPSA) is 69.7 Å². The highest BCUT2D eigenvalue weighted by Gasteiger charge is 2.36. The summed E-state index contributed by atoms with van der Waals surface area (Å²) in [7, 11) is 0. The maximum absolute atomic E-state index is 4.64. The average Bonchev–Trinajstić information content (AvgIpc) is 3.18. The Hall–Kier alpha value is -1.47. The number of hydrogen-bond acceptors (Lipinski definition) is 6. The van der Waals surface area contributed by atoms with E-state index >= 15 is 0 Å². The summed E-state index contributed by atoms with van der Waals surface area (Å²) in [4.78, 5) is 12.1. The lowest BCUT2D eigenvalue weighted by Crippen LogP contribution is -2.45. The van der Waals surface area contributed by atoms with Crippen LogP contribution in [0.1, 0.15) is 12.8 Å². The second kappa shape index (κ2) is 4.57. The van der Waals surface area contributed by atoms with Crippen LogP contribution < -0.4 is 10.2 Å². The lowest BCUT2D eigenvalue weighted by Gasteiger charge is -2.36. The van der Waals surface area contributed by atoms with Crippen molar-refractivity contribution in [1.82, 2.24) is 25.5 Å². The Morgan fingerprint density at radius 3 is 3.26 bits per heavy atom. The van der Waals surface area contributed by atoms with Crippen LogP contribution in [0.4, 0.5) is 5.95 Å². The molecule has 2 atom stereocenters. The summed E-state index contributed by atoms with van der Waals surface area (Å²) < 4.78 is 0. The fourth-order valence-corrected chi connectivity index (χ4v) is 3.70. The van der Waals surface area contributed by atoms with Crippen molar-refractivity contribution in [2.24, 2.45) is 5.92 Å². The molecule has 0 saturated carbocycles. The number of nitrogens with one attached hydrogen (secondary N) is 2. The van der Waals surface area contributed by atoms with Gasteiger partial charge in [0.15, 0.2) is 5.82 Å². The number of rotatable bonds is 2. The highest BCUT2D eigenvalue weighted by Crippen LogP contribution is 2.30. The summed E-state index contributed by atoms with van der Waals surface area (Å²) in [5, 5.41) is 10.9. The van der Waals surface area contributed by atoms with E-state index in [2.05, 4.69) is 30.4 Å². The van der Waals surface area contributed by atoms with Crippen LogP contribution in [0.5, 0.6) is 0 Å². The molecule has 4 heterocycles. The zero-order valence-corrected chi connectivity index (χ0v) is 11.4. The van der Waals surface area contributed by atoms with E-state index in [1.807, 2.05) is 11.7 Å². The van der Waals surface area contributed by atoms with Gasteiger partial charge in [-0.2, -0.15) is 4.98 Å². The first-order valence-corrected chi connectivity index (χ1v) is 7.58. The van der Waals surface area contributed by atoms with Gasteiger partial charge in [-0.3, -0.25) is 10.1 Å². The van der Waals surface area contributed by atoms with Crippen molar-refractivity contribution in [2.45, 2.75) is 18.9 Å². The number of hydrogen-bond donors (Lipinski definition) is 2. The first-order chi connectivity index (χ1) is 9.42. The molecule has 2 aliphatic heterocycles. The van der Waals surface area contributed by atoms with E-state index in [9.17, 15) is 0 Å². The summed E-state index contributed by atoms with van der Waals surface area (Å²) in [5.41, 5.74) is 1.81. The van der Waals surface area contributed by atoms with Crippen LogP contribution in [0, 0.1) is 5.92 Å². The van der Waals surface area contributed by atoms with Gasteiger partial charge in [-0.15, -0.1) is 16.4 Å². The minimum atomic E-state index is 0.555. The summed E-state index contributed by atoms with van der Waals surface area (Å²) in [5.74, 6) is 2.41. The maximum Gasteiger partial charge on any atom is 0.245 e. The molecule has 2 aromatic heterocycles. The van der Waals surface area contributed by atoms with Gasteiger partial charge in [0, 0.05) is 31.9 Å². The monoisotopic (exact) mass is 276 g/mol. The summed E-state index contributed by atoms with van der Waals surface area (Å²) in [6.07, 6.45) is 4.37. The highest BCUT2D eigenvalue weighted by molar-refractivity contribution is 7.13. The van der Waals surface area contributed by atoms with Crippen molar-refractivity contribution in [2.75, 3.05) is 24.5 Å². The smallest absolute Gasteiger partial charge is 0.245 e. The van der Waals surface area contributed by atoms with Crippen LogP contribution in [0.2, 0.25) is 0 Å². The minimum Gasteiger partial charge on any atom is -0.335 e. The molecule has 4 rings (SSSR count). The van der Waals surface area contributed by atoms with Crippen molar-refractivity contribution in [3.05, 3.63) is 11.7 Å². The summed E-state index contributed by atoms with van der Waals surface area (Å²) in [6.45, 7) is 3.24. The van der Waals surface area contributed by atoms with Gasteiger partial charge in [0.1, 0.15) is 0 Å². The van der Waals surface area contributed by atoms with Crippen LogP contribution >= 0.6 is 11.3 Å². The Morgan fingerprint density at radius 2 is 2.37 bits per heavy atom. The van der Waals surface area contributed by atoms with Gasteiger partial charge in [0.25, 0.3) is 0 Å². The van der Waals surface area contributed by atoms with E-state index in [-0.39, 0.29) is 0 Å². The average molecular weight is 276 g/mol. The van der Waals surface area contributed by atoms with Gasteiger partial charge in [-0.25, -0.2) is 0 Å². The molecule has 0 amide bonds. The predicted octanol–water partition coefficient (Wildman–Crippen LogP) is 1.12. The molecule has 2 aromatic rings. The first kappa shape index (κ1) is 11.4. The normalized spacial score (nSPS) is 26.6. The molecule has 0 radical (unpaired) electrons. The number of piperidine rings is 1. The van der Waals surface area contributed by atoms with Crippen LogP contribution in [0.25, 0.3) is 10.7 Å². The lowest BCUT2D eigenvalue weighted by atomic mass is 9.92. The minimum absolute atomic E-state index is 0.555. The van der Waals surface area contributed by atoms with Crippen LogP contribution in [0.15, 0.2) is 11.7 Å². The van der Waals surface area contributed by atoms with Crippen LogP contribution in [-0.4, -0.2) is 45.8 Å². The van der Waals surface area contributed by atoms with Gasteiger partial charge in [0.05, 0.1) is 10.4 Å². The molecule has 19 heavy (non-hydrogen) atoms. The quantitative estimate of drug-likeness (QED) is 0.860. The fraction of sp³-hybridized carbons (Fsp3) is 0.583. The number of aromatic amines is 1. The molecule has 2 aliphatic rings. The van der Waals surface area contributed by atoms with E-state index < -0.39 is 0 Å². The van der Waals surface area contributed by atoms with Gasteiger partial charge in [-0.1, -0.05) is 0 Å². The number of aromatic nitrogens is 4. The molecule has 7 heteroatoms. The second-order valence-corrected chi connectivity index (χ2v) is 6.06. The molecule has 0 spiro atoms. The van der Waals surface area contributed by atoms with E-state index in [4.69, 9.17) is 0 Å². The fourth-order valence-electron chi connectivity index (χ4n) is 3.14. The van der Waals surface area contributed by atoms with E-state index in [0.717, 1.165) is 42.2 Å². The lowest BCUT2D eigenvalue weighted by molar-refractivity contribution is 0.381. The molecule has 6 nitrogen and oxygen atoms in total. The molecule has 0 aliphatic carbocycles. The number of thiazole rings is 1. The second-order valence-electron chi connectivity index (χ2n) is 5.17. The molecular weight excluding hydrogens is 260 g/mol. The van der Waals surface area contributed by atoms with Crippen molar-refractivity contribution in [1.29, 1.82) is 0 Å². The van der Waals surface area contributed by atoms with E-state index in [0.29, 0.717) is 6.04 Å².